The van der Waals surface area contributed by atoms with Crippen molar-refractivity contribution in [3.8, 4) is 0 Å². The molecule has 132 valence electrons. The van der Waals surface area contributed by atoms with Crippen molar-refractivity contribution < 1.29 is 27.7 Å². The minimum Gasteiger partial charge on any atom is -0.452 e. The molecule has 0 saturated carbocycles. The van der Waals surface area contributed by atoms with E-state index < -0.39 is 38.0 Å². The highest BCUT2D eigenvalue weighted by Crippen LogP contribution is 2.20. The maximum atomic E-state index is 12.4. The van der Waals surface area contributed by atoms with Crippen LogP contribution in [0.3, 0.4) is 0 Å². The van der Waals surface area contributed by atoms with Crippen LogP contribution in [0.15, 0.2) is 29.2 Å². The van der Waals surface area contributed by atoms with Gasteiger partial charge in [-0.15, -0.1) is 0 Å². The van der Waals surface area contributed by atoms with Gasteiger partial charge in [0.25, 0.3) is 11.6 Å². The van der Waals surface area contributed by atoms with E-state index in [2.05, 4.69) is 5.32 Å². The molecule has 24 heavy (non-hydrogen) atoms. The minimum atomic E-state index is -4.09. The smallest absolute Gasteiger partial charge is 0.325 e. The zero-order valence-corrected chi connectivity index (χ0v) is 14.2. The van der Waals surface area contributed by atoms with E-state index in [0.717, 1.165) is 31.2 Å². The number of carbonyl (C=O) groups is 2. The Hall–Kier alpha value is -2.49. The number of nitrogens with zero attached hydrogens (tertiary/aromatic N) is 1. The van der Waals surface area contributed by atoms with Gasteiger partial charge in [0, 0.05) is 18.7 Å². The molecule has 0 aliphatic rings. The average molecular weight is 358 g/mol. The zero-order valence-electron chi connectivity index (χ0n) is 13.4. The fourth-order valence-corrected chi connectivity index (χ4v) is 2.96. The first-order valence-electron chi connectivity index (χ1n) is 7.07. The van der Waals surface area contributed by atoms with Gasteiger partial charge in [-0.3, -0.25) is 19.7 Å². The van der Waals surface area contributed by atoms with E-state index in [1.807, 2.05) is 0 Å². The number of benzene rings is 1. The fraction of sp³-hybridized carbons (Fsp3) is 0.429. The molecule has 0 unspecified atom stereocenters. The van der Waals surface area contributed by atoms with Crippen LogP contribution in [-0.4, -0.2) is 43.1 Å². The van der Waals surface area contributed by atoms with Gasteiger partial charge in [0.1, 0.15) is 0 Å². The summed E-state index contributed by atoms with van der Waals surface area (Å²) in [5.41, 5.74) is -0.269. The molecule has 1 amide bonds. The van der Waals surface area contributed by atoms with Gasteiger partial charge >= 0.3 is 5.97 Å². The number of hydrogen-bond acceptors (Lipinski definition) is 7. The van der Waals surface area contributed by atoms with Gasteiger partial charge in [0.2, 0.25) is 0 Å². The van der Waals surface area contributed by atoms with Crippen LogP contribution in [0, 0.1) is 10.1 Å². The van der Waals surface area contributed by atoms with Gasteiger partial charge < -0.3 is 10.1 Å². The summed E-state index contributed by atoms with van der Waals surface area (Å²) in [7, 11) is -4.09. The Morgan fingerprint density at radius 2 is 1.79 bits per heavy atom. The molecular formula is C14H18N2O7S. The number of ether oxygens (including phenoxy) is 1. The third-order valence-corrected chi connectivity index (χ3v) is 5.24. The van der Waals surface area contributed by atoms with Crippen LogP contribution < -0.4 is 5.32 Å². The van der Waals surface area contributed by atoms with Gasteiger partial charge in [0.15, 0.2) is 21.2 Å². The Morgan fingerprint density at radius 3 is 2.25 bits per heavy atom. The van der Waals surface area contributed by atoms with Gasteiger partial charge in [-0.05, 0) is 32.9 Å². The Labute approximate surface area is 139 Å². The number of esters is 1. The summed E-state index contributed by atoms with van der Waals surface area (Å²) in [6, 6.07) is 4.15. The molecule has 1 aromatic rings. The predicted molar refractivity (Wildman–Crippen MR) is 84.0 cm³/mol. The number of likely N-dealkylation sites (N-methyl/N-ethyl adjacent to an activating group) is 1. The second kappa shape index (κ2) is 7.86. The topological polar surface area (TPSA) is 133 Å². The van der Waals surface area contributed by atoms with Crippen molar-refractivity contribution in [1.29, 1.82) is 0 Å². The maximum Gasteiger partial charge on any atom is 0.325 e. The molecule has 1 rings (SSSR count). The number of carbonyl (C=O) groups excluding carboxylic acids is 2. The highest BCUT2D eigenvalue weighted by Gasteiger charge is 2.33. The number of amides is 1. The molecule has 2 atom stereocenters. The van der Waals surface area contributed by atoms with Crippen molar-refractivity contribution in [3.05, 3.63) is 34.4 Å². The fourth-order valence-electron chi connectivity index (χ4n) is 1.73. The molecule has 0 heterocycles. The van der Waals surface area contributed by atoms with Crippen LogP contribution >= 0.6 is 0 Å². The summed E-state index contributed by atoms with van der Waals surface area (Å²) in [6.45, 7) is 4.49. The van der Waals surface area contributed by atoms with Crippen molar-refractivity contribution in [3.63, 3.8) is 0 Å². The van der Waals surface area contributed by atoms with Crippen molar-refractivity contribution in [1.82, 2.24) is 5.32 Å². The first-order valence-corrected chi connectivity index (χ1v) is 8.62. The van der Waals surface area contributed by atoms with E-state index in [1.165, 1.54) is 6.92 Å². The number of nitro benzene ring substituents is 1. The molecule has 1 N–H and O–H groups in total. The number of non-ortho nitro benzene ring substituents is 1. The van der Waals surface area contributed by atoms with E-state index in [9.17, 15) is 28.1 Å². The Morgan fingerprint density at radius 1 is 1.25 bits per heavy atom. The van der Waals surface area contributed by atoms with Gasteiger partial charge in [0.05, 0.1) is 9.82 Å². The van der Waals surface area contributed by atoms with Gasteiger partial charge in [-0.1, -0.05) is 0 Å². The molecule has 0 radical (unpaired) electrons. The molecule has 9 nitrogen and oxygen atoms in total. The Bertz CT molecular complexity index is 728. The summed E-state index contributed by atoms with van der Waals surface area (Å²) >= 11 is 0. The molecule has 1 aromatic carbocycles. The number of sulfone groups is 1. The predicted octanol–water partition coefficient (Wildman–Crippen LogP) is 0.825. The number of rotatable bonds is 7. The standard InChI is InChI=1S/C14H18N2O7S/c1-4-15-13(17)9(2)23-14(18)10(3)24(21,22)12-7-5-11(6-8-12)16(19)20/h5-10H,4H2,1-3H3,(H,15,17)/t9-,10+/m1/s1. The van der Waals surface area contributed by atoms with E-state index in [1.54, 1.807) is 6.92 Å². The number of hydrogen-bond donors (Lipinski definition) is 1. The van der Waals surface area contributed by atoms with Crippen LogP contribution in [0.2, 0.25) is 0 Å². The highest BCUT2D eigenvalue weighted by atomic mass is 32.2. The second-order valence-corrected chi connectivity index (χ2v) is 7.18. The zero-order chi connectivity index (χ0) is 18.5. The Kier molecular flexibility index (Phi) is 6.41. The first-order chi connectivity index (χ1) is 11.1. The first kappa shape index (κ1) is 19.6. The molecule has 0 aliphatic heterocycles. The molecular weight excluding hydrogens is 340 g/mol. The lowest BCUT2D eigenvalue weighted by molar-refractivity contribution is -0.384. The molecule has 0 aliphatic carbocycles. The molecule has 0 spiro atoms. The summed E-state index contributed by atoms with van der Waals surface area (Å²) < 4.78 is 29.6. The quantitative estimate of drug-likeness (QED) is 0.433. The van der Waals surface area contributed by atoms with Crippen LogP contribution in [0.1, 0.15) is 20.8 Å². The van der Waals surface area contributed by atoms with E-state index >= 15 is 0 Å². The van der Waals surface area contributed by atoms with E-state index in [4.69, 9.17) is 4.74 Å². The van der Waals surface area contributed by atoms with Crippen LogP contribution in [-0.2, 0) is 24.2 Å². The van der Waals surface area contributed by atoms with E-state index in [0.29, 0.717) is 6.54 Å². The Balaban J connectivity index is 2.91. The van der Waals surface area contributed by atoms with E-state index in [-0.39, 0.29) is 10.6 Å². The molecule has 0 aromatic heterocycles. The molecule has 0 fully saturated rings. The van der Waals surface area contributed by atoms with Crippen LogP contribution in [0.25, 0.3) is 0 Å². The van der Waals surface area contributed by atoms with Crippen molar-refractivity contribution in [2.24, 2.45) is 0 Å². The van der Waals surface area contributed by atoms with Crippen molar-refractivity contribution in [2.45, 2.75) is 37.0 Å². The largest absolute Gasteiger partial charge is 0.452 e. The maximum absolute atomic E-state index is 12.4. The molecule has 0 saturated heterocycles. The normalized spacial score (nSPS) is 13.6. The number of nitro groups is 1. The summed E-state index contributed by atoms with van der Waals surface area (Å²) in [5, 5.41) is 11.5. The summed E-state index contributed by atoms with van der Waals surface area (Å²) in [5.74, 6) is -1.61. The average Bonchev–Trinajstić information content (AvgIpc) is 2.54. The van der Waals surface area contributed by atoms with Crippen molar-refractivity contribution >= 4 is 27.4 Å². The lowest BCUT2D eigenvalue weighted by Gasteiger charge is -2.16. The SMILES string of the molecule is CCNC(=O)[C@@H](C)OC(=O)[C@H](C)S(=O)(=O)c1ccc([N+](=O)[O-])cc1. The molecule has 10 heteroatoms. The lowest BCUT2D eigenvalue weighted by Crippen LogP contribution is -2.39. The summed E-state index contributed by atoms with van der Waals surface area (Å²) in [6.07, 6.45) is -1.13. The monoisotopic (exact) mass is 358 g/mol. The van der Waals surface area contributed by atoms with Crippen LogP contribution in [0.4, 0.5) is 5.69 Å². The summed E-state index contributed by atoms with van der Waals surface area (Å²) in [4.78, 5) is 33.2. The van der Waals surface area contributed by atoms with Crippen molar-refractivity contribution in [2.75, 3.05) is 6.54 Å². The molecule has 0 bridgehead atoms. The third kappa shape index (κ3) is 4.51. The number of nitrogens with one attached hydrogen (secondary N) is 1. The van der Waals surface area contributed by atoms with Gasteiger partial charge in [-0.2, -0.15) is 0 Å². The van der Waals surface area contributed by atoms with Gasteiger partial charge in [-0.25, -0.2) is 8.42 Å². The third-order valence-electron chi connectivity index (χ3n) is 3.19. The lowest BCUT2D eigenvalue weighted by atomic mass is 10.3. The second-order valence-electron chi connectivity index (χ2n) is 4.91. The minimum absolute atomic E-state index is 0.247. The highest BCUT2D eigenvalue weighted by molar-refractivity contribution is 7.92. The van der Waals surface area contributed by atoms with Crippen LogP contribution in [0.5, 0.6) is 0 Å².